The molecule has 17 heavy (non-hydrogen) atoms. The quantitative estimate of drug-likeness (QED) is 0.298. The van der Waals surface area contributed by atoms with Crippen molar-refractivity contribution in [3.8, 4) is 0 Å². The number of carbonyl (C=O) groups excluding carboxylic acids is 1. The number of amidine groups is 1. The summed E-state index contributed by atoms with van der Waals surface area (Å²) >= 11 is 0. The Bertz CT molecular complexity index is 352. The standard InChI is InChI=1S/C12H21N3O2/c1-12(2,10(13)15-17)11(16)14-9-6-7-3-4-8(9)5-7/h7-9,17H,3-6H2,1-2H3,(H2,13,15)(H,14,16). The molecule has 0 aliphatic heterocycles. The van der Waals surface area contributed by atoms with Crippen LogP contribution in [0, 0.1) is 17.3 Å². The Morgan fingerprint density at radius 2 is 2.12 bits per heavy atom. The van der Waals surface area contributed by atoms with Gasteiger partial charge < -0.3 is 16.3 Å². The number of nitrogens with one attached hydrogen (secondary N) is 1. The molecule has 5 nitrogen and oxygen atoms in total. The largest absolute Gasteiger partial charge is 0.409 e. The summed E-state index contributed by atoms with van der Waals surface area (Å²) in [5.41, 5.74) is 4.59. The molecule has 0 aromatic rings. The summed E-state index contributed by atoms with van der Waals surface area (Å²) in [7, 11) is 0. The summed E-state index contributed by atoms with van der Waals surface area (Å²) in [6.45, 7) is 3.34. The van der Waals surface area contributed by atoms with Crippen molar-refractivity contribution in [2.45, 2.75) is 45.6 Å². The Labute approximate surface area is 101 Å². The first-order valence-electron chi connectivity index (χ1n) is 6.24. The third kappa shape index (κ3) is 2.10. The zero-order valence-corrected chi connectivity index (χ0v) is 10.4. The highest BCUT2D eigenvalue weighted by atomic mass is 16.4. The molecule has 0 aromatic heterocycles. The SMILES string of the molecule is CC(C)(C(=O)NC1CC2CCC1C2)C(N)=NO. The van der Waals surface area contributed by atoms with E-state index in [1.807, 2.05) is 0 Å². The predicted octanol–water partition coefficient (Wildman–Crippen LogP) is 1.06. The van der Waals surface area contributed by atoms with Crippen LogP contribution < -0.4 is 11.1 Å². The van der Waals surface area contributed by atoms with Crippen molar-refractivity contribution in [2.75, 3.05) is 0 Å². The summed E-state index contributed by atoms with van der Waals surface area (Å²) in [5, 5.41) is 14.7. The third-order valence-corrected chi connectivity index (χ3v) is 4.37. The zero-order valence-electron chi connectivity index (χ0n) is 10.4. The smallest absolute Gasteiger partial charge is 0.233 e. The molecule has 2 fully saturated rings. The molecule has 0 heterocycles. The molecule has 1 amide bonds. The minimum absolute atomic E-state index is 0.0434. The molecular weight excluding hydrogens is 218 g/mol. The lowest BCUT2D eigenvalue weighted by atomic mass is 9.88. The Hall–Kier alpha value is -1.26. The number of hydrogen-bond donors (Lipinski definition) is 3. The normalized spacial score (nSPS) is 32.8. The molecule has 0 saturated heterocycles. The van der Waals surface area contributed by atoms with E-state index in [4.69, 9.17) is 10.9 Å². The van der Waals surface area contributed by atoms with Crippen LogP contribution in [0.15, 0.2) is 5.16 Å². The zero-order chi connectivity index (χ0) is 12.6. The van der Waals surface area contributed by atoms with Crippen molar-refractivity contribution in [1.29, 1.82) is 0 Å². The van der Waals surface area contributed by atoms with Crippen LogP contribution in [0.1, 0.15) is 39.5 Å². The average molecular weight is 239 g/mol. The Morgan fingerprint density at radius 1 is 1.41 bits per heavy atom. The van der Waals surface area contributed by atoms with E-state index in [0.717, 1.165) is 12.3 Å². The van der Waals surface area contributed by atoms with Crippen LogP contribution in [0.25, 0.3) is 0 Å². The number of nitrogens with two attached hydrogens (primary N) is 1. The number of hydrogen-bond acceptors (Lipinski definition) is 3. The van der Waals surface area contributed by atoms with Crippen LogP contribution in [-0.2, 0) is 4.79 Å². The topological polar surface area (TPSA) is 87.7 Å². The number of oxime groups is 1. The maximum atomic E-state index is 12.1. The summed E-state index contributed by atoms with van der Waals surface area (Å²) < 4.78 is 0. The van der Waals surface area contributed by atoms with Crippen LogP contribution in [-0.4, -0.2) is 23.0 Å². The van der Waals surface area contributed by atoms with Crippen molar-refractivity contribution in [1.82, 2.24) is 5.32 Å². The first-order chi connectivity index (χ1) is 7.95. The van der Waals surface area contributed by atoms with E-state index < -0.39 is 5.41 Å². The van der Waals surface area contributed by atoms with Gasteiger partial charge in [-0.1, -0.05) is 11.6 Å². The molecule has 2 aliphatic rings. The second-order valence-electron chi connectivity index (χ2n) is 5.87. The van der Waals surface area contributed by atoms with Crippen LogP contribution in [0.5, 0.6) is 0 Å². The number of carbonyl (C=O) groups is 1. The van der Waals surface area contributed by atoms with Gasteiger partial charge in [-0.25, -0.2) is 0 Å². The van der Waals surface area contributed by atoms with Gasteiger partial charge in [0.1, 0.15) is 5.41 Å². The Kier molecular flexibility index (Phi) is 3.02. The third-order valence-electron chi connectivity index (χ3n) is 4.37. The monoisotopic (exact) mass is 239 g/mol. The van der Waals surface area contributed by atoms with E-state index >= 15 is 0 Å². The second-order valence-corrected chi connectivity index (χ2v) is 5.87. The number of nitrogens with zero attached hydrogens (tertiary/aromatic N) is 1. The second kappa shape index (κ2) is 4.20. The van der Waals surface area contributed by atoms with Gasteiger partial charge in [0.25, 0.3) is 0 Å². The number of rotatable bonds is 3. The number of fused-ring (bicyclic) bond motifs is 2. The van der Waals surface area contributed by atoms with Crippen molar-refractivity contribution < 1.29 is 10.0 Å². The first kappa shape index (κ1) is 12.2. The molecule has 5 heteroatoms. The molecule has 0 radical (unpaired) electrons. The fraction of sp³-hybridized carbons (Fsp3) is 0.833. The van der Waals surface area contributed by atoms with Gasteiger partial charge in [-0.3, -0.25) is 4.79 Å². The summed E-state index contributed by atoms with van der Waals surface area (Å²) in [6, 6.07) is 0.284. The van der Waals surface area contributed by atoms with Gasteiger partial charge in [-0.2, -0.15) is 0 Å². The molecule has 0 spiro atoms. The van der Waals surface area contributed by atoms with E-state index in [1.165, 1.54) is 19.3 Å². The van der Waals surface area contributed by atoms with Crippen molar-refractivity contribution in [2.24, 2.45) is 28.1 Å². The lowest BCUT2D eigenvalue weighted by Gasteiger charge is -2.28. The highest BCUT2D eigenvalue weighted by molar-refractivity contribution is 6.05. The van der Waals surface area contributed by atoms with Gasteiger partial charge in [0.2, 0.25) is 5.91 Å². The molecule has 2 saturated carbocycles. The van der Waals surface area contributed by atoms with Gasteiger partial charge >= 0.3 is 0 Å². The Balaban J connectivity index is 1.98. The molecule has 96 valence electrons. The highest BCUT2D eigenvalue weighted by Crippen LogP contribution is 2.44. The number of amides is 1. The maximum Gasteiger partial charge on any atom is 0.233 e. The van der Waals surface area contributed by atoms with E-state index in [1.54, 1.807) is 13.8 Å². The van der Waals surface area contributed by atoms with E-state index in [0.29, 0.717) is 5.92 Å². The van der Waals surface area contributed by atoms with Crippen LogP contribution in [0.3, 0.4) is 0 Å². The predicted molar refractivity (Wildman–Crippen MR) is 64.6 cm³/mol. The molecule has 2 rings (SSSR count). The highest BCUT2D eigenvalue weighted by Gasteiger charge is 2.42. The molecule has 3 atom stereocenters. The minimum Gasteiger partial charge on any atom is -0.409 e. The van der Waals surface area contributed by atoms with Gasteiger partial charge in [0.05, 0.1) is 0 Å². The summed E-state index contributed by atoms with van der Waals surface area (Å²) in [6.07, 6.45) is 4.86. The lowest BCUT2D eigenvalue weighted by molar-refractivity contribution is -0.127. The van der Waals surface area contributed by atoms with Gasteiger partial charge in [-0.15, -0.1) is 0 Å². The van der Waals surface area contributed by atoms with Gasteiger partial charge in [0, 0.05) is 6.04 Å². The fourth-order valence-electron chi connectivity index (χ4n) is 3.01. The molecule has 4 N–H and O–H groups in total. The minimum atomic E-state index is -0.948. The molecule has 2 bridgehead atoms. The summed E-state index contributed by atoms with van der Waals surface area (Å²) in [4.78, 5) is 12.1. The van der Waals surface area contributed by atoms with Crippen LogP contribution in [0.2, 0.25) is 0 Å². The molecule has 0 aromatic carbocycles. The maximum absolute atomic E-state index is 12.1. The molecular formula is C12H21N3O2. The van der Waals surface area contributed by atoms with Crippen LogP contribution in [0.4, 0.5) is 0 Å². The van der Waals surface area contributed by atoms with E-state index in [-0.39, 0.29) is 17.8 Å². The van der Waals surface area contributed by atoms with E-state index in [2.05, 4.69) is 10.5 Å². The first-order valence-corrected chi connectivity index (χ1v) is 6.24. The van der Waals surface area contributed by atoms with Crippen molar-refractivity contribution in [3.05, 3.63) is 0 Å². The van der Waals surface area contributed by atoms with Crippen molar-refractivity contribution >= 4 is 11.7 Å². The van der Waals surface area contributed by atoms with Crippen molar-refractivity contribution in [3.63, 3.8) is 0 Å². The Morgan fingerprint density at radius 3 is 2.59 bits per heavy atom. The molecule has 2 aliphatic carbocycles. The van der Waals surface area contributed by atoms with Gasteiger partial charge in [0.15, 0.2) is 5.84 Å². The van der Waals surface area contributed by atoms with Gasteiger partial charge in [-0.05, 0) is 44.9 Å². The molecule has 3 unspecified atom stereocenters. The van der Waals surface area contributed by atoms with Crippen LogP contribution >= 0.6 is 0 Å². The van der Waals surface area contributed by atoms with E-state index in [9.17, 15) is 4.79 Å². The lowest BCUT2D eigenvalue weighted by Crippen LogP contribution is -2.50. The average Bonchev–Trinajstić information content (AvgIpc) is 2.89. The fourth-order valence-corrected chi connectivity index (χ4v) is 3.01. The summed E-state index contributed by atoms with van der Waals surface area (Å²) in [5.74, 6) is 1.23.